The lowest BCUT2D eigenvalue weighted by Gasteiger charge is -2.26. The third-order valence-corrected chi connectivity index (χ3v) is 10.4. The Morgan fingerprint density at radius 2 is 1.46 bits per heavy atom. The van der Waals surface area contributed by atoms with Gasteiger partial charge >= 0.3 is 13.5 Å². The van der Waals surface area contributed by atoms with Crippen molar-refractivity contribution in [2.45, 2.75) is 79.2 Å². The molecule has 4 aromatic rings. The third-order valence-electron chi connectivity index (χ3n) is 8.70. The highest BCUT2D eigenvalue weighted by Gasteiger charge is 2.34. The molecule has 0 amide bonds. The monoisotopic (exact) mass is 671 g/mol. The maximum atomic E-state index is 14.6. The smallest absolute Gasteiger partial charge is 0.354 e. The van der Waals surface area contributed by atoms with E-state index in [1.807, 2.05) is 68.4 Å². The Morgan fingerprint density at radius 3 is 2.06 bits per heavy atom. The minimum atomic E-state index is -3.83. The van der Waals surface area contributed by atoms with Gasteiger partial charge in [-0.25, -0.2) is 5.09 Å². The zero-order valence-corrected chi connectivity index (χ0v) is 30.0. The maximum absolute atomic E-state index is 14.6. The fourth-order valence-electron chi connectivity index (χ4n) is 5.69. The number of rotatable bonds is 17. The van der Waals surface area contributed by atoms with Gasteiger partial charge < -0.3 is 19.1 Å². The van der Waals surface area contributed by atoms with Gasteiger partial charge in [0.25, 0.3) is 0 Å². The lowest BCUT2D eigenvalue weighted by molar-refractivity contribution is -0.147. The predicted molar refractivity (Wildman–Crippen MR) is 193 cm³/mol. The van der Waals surface area contributed by atoms with Gasteiger partial charge in [0.1, 0.15) is 23.3 Å². The Morgan fingerprint density at radius 1 is 0.833 bits per heavy atom. The minimum Gasteiger partial charge on any atom is -0.508 e. The Kier molecular flexibility index (Phi) is 13.3. The first-order chi connectivity index (χ1) is 23.0. The highest BCUT2D eigenvalue weighted by Crippen LogP contribution is 2.44. The van der Waals surface area contributed by atoms with Crippen LogP contribution >= 0.6 is 7.52 Å². The van der Waals surface area contributed by atoms with E-state index in [0.717, 1.165) is 46.2 Å². The number of esters is 1. The number of carbonyl (C=O) groups is 1. The van der Waals surface area contributed by atoms with Crippen molar-refractivity contribution in [3.05, 3.63) is 124 Å². The van der Waals surface area contributed by atoms with Gasteiger partial charge in [-0.05, 0) is 102 Å². The molecule has 0 unspecified atom stereocenters. The topological polar surface area (TPSA) is 94.1 Å². The van der Waals surface area contributed by atoms with Crippen molar-refractivity contribution < 1.29 is 28.5 Å². The van der Waals surface area contributed by atoms with Crippen LogP contribution in [0.1, 0.15) is 79.8 Å². The maximum Gasteiger partial charge on any atom is 0.354 e. The Bertz CT molecular complexity index is 1650. The first-order valence-electron chi connectivity index (χ1n) is 16.9. The van der Waals surface area contributed by atoms with E-state index in [1.54, 1.807) is 30.3 Å². The lowest BCUT2D eigenvalue weighted by atomic mass is 9.93. The van der Waals surface area contributed by atoms with Gasteiger partial charge in [-0.3, -0.25) is 9.36 Å². The van der Waals surface area contributed by atoms with E-state index in [4.69, 9.17) is 14.0 Å². The average Bonchev–Trinajstić information content (AvgIpc) is 3.07. The summed E-state index contributed by atoms with van der Waals surface area (Å²) < 4.78 is 32.7. The van der Waals surface area contributed by atoms with Crippen molar-refractivity contribution in [2.24, 2.45) is 5.92 Å². The van der Waals surface area contributed by atoms with Crippen LogP contribution in [0.3, 0.4) is 0 Å². The quantitative estimate of drug-likeness (QED) is 0.0853. The zero-order chi connectivity index (χ0) is 34.7. The normalized spacial score (nSPS) is 13.2. The largest absolute Gasteiger partial charge is 0.508 e. The Hall–Kier alpha value is -4.06. The fraction of sp³-hybridized carbons (Fsp3) is 0.375. The van der Waals surface area contributed by atoms with E-state index in [2.05, 4.69) is 38.8 Å². The molecule has 0 spiro atoms. The van der Waals surface area contributed by atoms with Crippen LogP contribution < -0.4 is 14.3 Å². The summed E-state index contributed by atoms with van der Waals surface area (Å²) in [5.41, 5.74) is 6.16. The molecule has 0 fully saturated rings. The molecule has 4 aromatic carbocycles. The number of carbonyl (C=O) groups excluding carboxylic acids is 1. The molecule has 2 atom stereocenters. The highest BCUT2D eigenvalue weighted by molar-refractivity contribution is 7.57. The van der Waals surface area contributed by atoms with Crippen LogP contribution in [0.5, 0.6) is 17.2 Å². The summed E-state index contributed by atoms with van der Waals surface area (Å²) in [7, 11) is -3.83. The standard InChI is InChI=1S/C40H50NO6P/c1-7-31(8-2)26-45-40(43)38(25-32-15-11-9-12-16-32)41-48(44,47-34-17-13-10-14-18-34)27-46-35-21-29(5)37(30(6)22-35)24-33-19-20-39(42)36(23-33)28(3)4/h9-23,28,31,38,42H,7-8,24-27H2,1-6H3,(H,41,44)/t38-,48-/m0/s1. The highest BCUT2D eigenvalue weighted by atomic mass is 31.2. The van der Waals surface area contributed by atoms with Crippen LogP contribution in [-0.4, -0.2) is 30.1 Å². The summed E-state index contributed by atoms with van der Waals surface area (Å²) in [5, 5.41) is 13.3. The molecule has 2 N–H and O–H groups in total. The summed E-state index contributed by atoms with van der Waals surface area (Å²) in [6, 6.07) is 27.2. The van der Waals surface area contributed by atoms with Gasteiger partial charge in [0, 0.05) is 0 Å². The number of aryl methyl sites for hydroxylation is 2. The minimum absolute atomic E-state index is 0.212. The number of phenols is 1. The van der Waals surface area contributed by atoms with Gasteiger partial charge in [0.15, 0.2) is 6.35 Å². The number of hydrogen-bond acceptors (Lipinski definition) is 6. The second kappa shape index (κ2) is 17.4. The molecule has 0 aliphatic carbocycles. The number of aromatic hydroxyl groups is 1. The average molecular weight is 672 g/mol. The van der Waals surface area contributed by atoms with Crippen LogP contribution in [0.2, 0.25) is 0 Å². The van der Waals surface area contributed by atoms with Crippen LogP contribution in [0.15, 0.2) is 91.0 Å². The molecule has 4 rings (SSSR count). The number of benzene rings is 4. The van der Waals surface area contributed by atoms with Crippen molar-refractivity contribution in [3.63, 3.8) is 0 Å². The predicted octanol–water partition coefficient (Wildman–Crippen LogP) is 9.51. The van der Waals surface area contributed by atoms with Gasteiger partial charge in [-0.2, -0.15) is 0 Å². The second-order valence-electron chi connectivity index (χ2n) is 12.8. The van der Waals surface area contributed by atoms with Gasteiger partial charge in [0.2, 0.25) is 0 Å². The molecule has 256 valence electrons. The molecule has 0 heterocycles. The number of nitrogens with one attached hydrogen (secondary N) is 1. The molecule has 0 radical (unpaired) electrons. The van der Waals surface area contributed by atoms with Crippen LogP contribution in [0.4, 0.5) is 0 Å². The first kappa shape index (κ1) is 36.8. The van der Waals surface area contributed by atoms with Crippen molar-refractivity contribution in [3.8, 4) is 17.2 Å². The van der Waals surface area contributed by atoms with Crippen LogP contribution in [-0.2, 0) is 26.9 Å². The number of phenolic OH excluding ortho intramolecular Hbond substituents is 1. The van der Waals surface area contributed by atoms with Crippen molar-refractivity contribution in [2.75, 3.05) is 13.0 Å². The van der Waals surface area contributed by atoms with Crippen molar-refractivity contribution >= 4 is 13.5 Å². The van der Waals surface area contributed by atoms with E-state index in [-0.39, 0.29) is 24.6 Å². The van der Waals surface area contributed by atoms with E-state index < -0.39 is 19.5 Å². The Balaban J connectivity index is 1.58. The molecule has 0 aliphatic rings. The van der Waals surface area contributed by atoms with Crippen molar-refractivity contribution in [1.29, 1.82) is 0 Å². The molecule has 0 aromatic heterocycles. The summed E-state index contributed by atoms with van der Waals surface area (Å²) in [6.45, 7) is 12.6. The van der Waals surface area contributed by atoms with E-state index >= 15 is 0 Å². The molecule has 0 saturated heterocycles. The molecular formula is C40H50NO6P. The first-order valence-corrected chi connectivity index (χ1v) is 18.7. The molecular weight excluding hydrogens is 621 g/mol. The molecule has 48 heavy (non-hydrogen) atoms. The fourth-order valence-corrected chi connectivity index (χ4v) is 7.32. The Labute approximate surface area is 286 Å². The third kappa shape index (κ3) is 10.5. The number of ether oxygens (including phenoxy) is 2. The summed E-state index contributed by atoms with van der Waals surface area (Å²) >= 11 is 0. The van der Waals surface area contributed by atoms with Crippen LogP contribution in [0, 0.1) is 19.8 Å². The van der Waals surface area contributed by atoms with E-state index in [1.165, 1.54) is 0 Å². The van der Waals surface area contributed by atoms with Gasteiger partial charge in [0.05, 0.1) is 6.61 Å². The summed E-state index contributed by atoms with van der Waals surface area (Å²) in [4.78, 5) is 13.5. The summed E-state index contributed by atoms with van der Waals surface area (Å²) in [5.74, 6) is 1.25. The number of hydrogen-bond donors (Lipinski definition) is 2. The molecule has 8 heteroatoms. The zero-order valence-electron chi connectivity index (χ0n) is 29.1. The van der Waals surface area contributed by atoms with Gasteiger partial charge in [-0.15, -0.1) is 0 Å². The van der Waals surface area contributed by atoms with E-state index in [9.17, 15) is 14.5 Å². The molecule has 0 bridgehead atoms. The second-order valence-corrected chi connectivity index (χ2v) is 14.8. The molecule has 0 aliphatic heterocycles. The lowest BCUT2D eigenvalue weighted by Crippen LogP contribution is -2.40. The number of para-hydroxylation sites is 1. The SMILES string of the molecule is CCC(CC)COC(=O)[C@H](Cc1ccccc1)N[P@](=O)(COc1cc(C)c(Cc2ccc(O)c(C(C)C)c2)c(C)c1)Oc1ccccc1. The van der Waals surface area contributed by atoms with Crippen LogP contribution in [0.25, 0.3) is 0 Å². The summed E-state index contributed by atoms with van der Waals surface area (Å²) in [6.07, 6.45) is 2.47. The van der Waals surface area contributed by atoms with Gasteiger partial charge in [-0.1, -0.05) is 101 Å². The van der Waals surface area contributed by atoms with Crippen molar-refractivity contribution in [1.82, 2.24) is 5.09 Å². The molecule has 0 saturated carbocycles. The molecule has 7 nitrogen and oxygen atoms in total. The van der Waals surface area contributed by atoms with E-state index in [0.29, 0.717) is 30.3 Å².